The number of methoxy groups -OCH3 is 1. The van der Waals surface area contributed by atoms with E-state index in [-0.39, 0.29) is 5.91 Å². The van der Waals surface area contributed by atoms with Gasteiger partial charge in [-0.2, -0.15) is 0 Å². The van der Waals surface area contributed by atoms with Crippen LogP contribution in [0.5, 0.6) is 17.2 Å². The molecule has 9 nitrogen and oxygen atoms in total. The van der Waals surface area contributed by atoms with Crippen LogP contribution in [0.4, 0.5) is 5.69 Å². The molecular weight excluding hydrogens is 504 g/mol. The SMILES string of the molecule is [C-]#[N+]c1ccc(Cn2c(CN3CCN(C(=O)c4ccccc4OC)CC3)cnc2C)cc1Oc1cccnc1C. The number of piperazine rings is 1. The summed E-state index contributed by atoms with van der Waals surface area (Å²) in [7, 11) is 1.59. The molecule has 3 heterocycles. The third-order valence-corrected chi connectivity index (χ3v) is 7.18. The van der Waals surface area contributed by atoms with Crippen molar-refractivity contribution in [3.63, 3.8) is 0 Å². The molecule has 0 radical (unpaired) electrons. The lowest BCUT2D eigenvalue weighted by Gasteiger charge is -2.35. The minimum Gasteiger partial charge on any atom is -0.496 e. The first-order chi connectivity index (χ1) is 19.5. The summed E-state index contributed by atoms with van der Waals surface area (Å²) in [6, 6.07) is 16.7. The molecule has 0 bridgehead atoms. The summed E-state index contributed by atoms with van der Waals surface area (Å²) in [4.78, 5) is 29.8. The number of para-hydroxylation sites is 1. The quantitative estimate of drug-likeness (QED) is 0.286. The Balaban J connectivity index is 1.26. The monoisotopic (exact) mass is 536 g/mol. The summed E-state index contributed by atoms with van der Waals surface area (Å²) >= 11 is 0. The highest BCUT2D eigenvalue weighted by molar-refractivity contribution is 5.97. The van der Waals surface area contributed by atoms with E-state index >= 15 is 0 Å². The Kier molecular flexibility index (Phi) is 8.08. The van der Waals surface area contributed by atoms with Gasteiger partial charge < -0.3 is 18.9 Å². The molecule has 204 valence electrons. The molecule has 0 spiro atoms. The van der Waals surface area contributed by atoms with E-state index in [0.29, 0.717) is 48.1 Å². The predicted octanol–water partition coefficient (Wildman–Crippen LogP) is 5.25. The van der Waals surface area contributed by atoms with Gasteiger partial charge >= 0.3 is 0 Å². The van der Waals surface area contributed by atoms with E-state index in [0.717, 1.165) is 42.4 Å². The second-order valence-corrected chi connectivity index (χ2v) is 9.75. The number of benzene rings is 2. The van der Waals surface area contributed by atoms with Gasteiger partial charge in [-0.15, -0.1) is 0 Å². The Morgan fingerprint density at radius 2 is 1.73 bits per heavy atom. The Hall–Kier alpha value is -4.68. The van der Waals surface area contributed by atoms with Crippen molar-refractivity contribution in [2.45, 2.75) is 26.9 Å². The van der Waals surface area contributed by atoms with Gasteiger partial charge in [0.15, 0.2) is 0 Å². The summed E-state index contributed by atoms with van der Waals surface area (Å²) in [5.41, 5.74) is 3.93. The van der Waals surface area contributed by atoms with Crippen LogP contribution in [-0.4, -0.2) is 63.5 Å². The molecule has 1 amide bonds. The van der Waals surface area contributed by atoms with Gasteiger partial charge in [0.25, 0.3) is 5.91 Å². The molecule has 1 fully saturated rings. The van der Waals surface area contributed by atoms with Gasteiger partial charge in [-0.3, -0.25) is 14.7 Å². The number of aromatic nitrogens is 3. The number of imidazole rings is 1. The minimum atomic E-state index is 0.000322. The molecule has 2 aromatic carbocycles. The molecule has 1 saturated heterocycles. The van der Waals surface area contributed by atoms with Crippen molar-refractivity contribution in [2.75, 3.05) is 33.3 Å². The Morgan fingerprint density at radius 3 is 2.48 bits per heavy atom. The van der Waals surface area contributed by atoms with Gasteiger partial charge in [-0.25, -0.2) is 9.83 Å². The highest BCUT2D eigenvalue weighted by Gasteiger charge is 2.25. The lowest BCUT2D eigenvalue weighted by atomic mass is 10.1. The van der Waals surface area contributed by atoms with Crippen LogP contribution < -0.4 is 9.47 Å². The van der Waals surface area contributed by atoms with Crippen LogP contribution in [0.25, 0.3) is 4.85 Å². The first-order valence-corrected chi connectivity index (χ1v) is 13.2. The van der Waals surface area contributed by atoms with Crippen LogP contribution in [-0.2, 0) is 13.1 Å². The molecule has 9 heteroatoms. The molecule has 0 aliphatic carbocycles. The number of aryl methyl sites for hydroxylation is 2. The molecule has 1 aliphatic heterocycles. The first kappa shape index (κ1) is 26.9. The van der Waals surface area contributed by atoms with Crippen molar-refractivity contribution in [3.8, 4) is 17.2 Å². The number of amides is 1. The maximum absolute atomic E-state index is 13.1. The summed E-state index contributed by atoms with van der Waals surface area (Å²) in [6.45, 7) is 15.6. The smallest absolute Gasteiger partial charge is 0.257 e. The molecule has 1 aliphatic rings. The Labute approximate surface area is 234 Å². The lowest BCUT2D eigenvalue weighted by Crippen LogP contribution is -2.48. The molecule has 4 aromatic rings. The molecule has 5 rings (SSSR count). The van der Waals surface area contributed by atoms with Crippen LogP contribution in [0.3, 0.4) is 0 Å². The number of hydrogen-bond donors (Lipinski definition) is 0. The molecule has 40 heavy (non-hydrogen) atoms. The zero-order valence-electron chi connectivity index (χ0n) is 23.0. The van der Waals surface area contributed by atoms with Gasteiger partial charge in [0.2, 0.25) is 5.69 Å². The Bertz CT molecular complexity index is 1550. The number of hydrogen-bond acceptors (Lipinski definition) is 6. The number of carbonyl (C=O) groups is 1. The predicted molar refractivity (Wildman–Crippen MR) is 152 cm³/mol. The maximum Gasteiger partial charge on any atom is 0.257 e. The first-order valence-electron chi connectivity index (χ1n) is 13.2. The van der Waals surface area contributed by atoms with Crippen LogP contribution in [0.15, 0.2) is 67.0 Å². The number of rotatable bonds is 8. The van der Waals surface area contributed by atoms with E-state index in [2.05, 4.69) is 24.3 Å². The number of carbonyl (C=O) groups excluding carboxylic acids is 1. The topological polar surface area (TPSA) is 77.1 Å². The maximum atomic E-state index is 13.1. The fourth-order valence-electron chi connectivity index (χ4n) is 4.90. The van der Waals surface area contributed by atoms with E-state index in [1.807, 2.05) is 73.5 Å². The van der Waals surface area contributed by atoms with Crippen LogP contribution in [0, 0.1) is 20.4 Å². The third kappa shape index (κ3) is 5.82. The van der Waals surface area contributed by atoms with Gasteiger partial charge in [0.1, 0.15) is 23.1 Å². The average molecular weight is 537 g/mol. The van der Waals surface area contributed by atoms with Crippen molar-refractivity contribution in [2.24, 2.45) is 0 Å². The number of ether oxygens (including phenoxy) is 2. The van der Waals surface area contributed by atoms with E-state index in [9.17, 15) is 4.79 Å². The molecule has 0 atom stereocenters. The summed E-state index contributed by atoms with van der Waals surface area (Å²) in [5.74, 6) is 2.66. The standard InChI is InChI=1S/C31H32N6O3/c1-22-28(10-7-13-33-22)40-30-18-24(11-12-27(30)32-3)20-37-23(2)34-19-25(37)21-35-14-16-36(17-15-35)31(38)26-8-5-6-9-29(26)39-4/h5-13,18-19H,14-17,20-21H2,1-2,4H3. The summed E-state index contributed by atoms with van der Waals surface area (Å²) in [6.07, 6.45) is 3.64. The van der Waals surface area contributed by atoms with E-state index < -0.39 is 0 Å². The zero-order valence-corrected chi connectivity index (χ0v) is 23.0. The molecular formula is C31H32N6O3. The van der Waals surface area contributed by atoms with Gasteiger partial charge in [0.05, 0.1) is 30.6 Å². The minimum absolute atomic E-state index is 0.000322. The van der Waals surface area contributed by atoms with E-state index in [1.54, 1.807) is 19.4 Å². The van der Waals surface area contributed by atoms with Gasteiger partial charge in [-0.05, 0) is 49.7 Å². The van der Waals surface area contributed by atoms with Gasteiger partial charge in [0, 0.05) is 51.7 Å². The van der Waals surface area contributed by atoms with E-state index in [4.69, 9.17) is 16.0 Å². The van der Waals surface area contributed by atoms with Crippen LogP contribution >= 0.6 is 0 Å². The largest absolute Gasteiger partial charge is 0.496 e. The molecule has 0 saturated carbocycles. The van der Waals surface area contributed by atoms with Crippen molar-refractivity contribution in [1.29, 1.82) is 0 Å². The second-order valence-electron chi connectivity index (χ2n) is 9.75. The normalized spacial score (nSPS) is 13.6. The van der Waals surface area contributed by atoms with Crippen LogP contribution in [0.2, 0.25) is 0 Å². The van der Waals surface area contributed by atoms with Crippen molar-refractivity contribution in [3.05, 3.63) is 107 Å². The second kappa shape index (κ2) is 12.0. The van der Waals surface area contributed by atoms with Crippen molar-refractivity contribution >= 4 is 11.6 Å². The lowest BCUT2D eigenvalue weighted by molar-refractivity contribution is 0.0622. The number of pyridine rings is 1. The molecule has 0 N–H and O–H groups in total. The van der Waals surface area contributed by atoms with Gasteiger partial charge in [-0.1, -0.05) is 24.3 Å². The fourth-order valence-corrected chi connectivity index (χ4v) is 4.90. The highest BCUT2D eigenvalue weighted by Crippen LogP contribution is 2.34. The third-order valence-electron chi connectivity index (χ3n) is 7.18. The number of nitrogens with zero attached hydrogens (tertiary/aromatic N) is 6. The van der Waals surface area contributed by atoms with Crippen molar-refractivity contribution < 1.29 is 14.3 Å². The van der Waals surface area contributed by atoms with Crippen molar-refractivity contribution in [1.82, 2.24) is 24.3 Å². The van der Waals surface area contributed by atoms with E-state index in [1.165, 1.54) is 0 Å². The Morgan fingerprint density at radius 1 is 0.950 bits per heavy atom. The van der Waals surface area contributed by atoms with Crippen LogP contribution in [0.1, 0.15) is 33.1 Å². The fraction of sp³-hybridized carbons (Fsp3) is 0.290. The average Bonchev–Trinajstić information content (AvgIpc) is 3.32. The zero-order chi connectivity index (χ0) is 28.1. The highest BCUT2D eigenvalue weighted by atomic mass is 16.5. The summed E-state index contributed by atoms with van der Waals surface area (Å²) < 4.78 is 13.7. The molecule has 0 unspecified atom stereocenters. The summed E-state index contributed by atoms with van der Waals surface area (Å²) in [5, 5.41) is 0. The molecule has 2 aromatic heterocycles.